The monoisotopic (exact) mass is 273 g/mol. The second-order valence-electron chi connectivity index (χ2n) is 4.59. The van der Waals surface area contributed by atoms with Crippen LogP contribution in [0.2, 0.25) is 0 Å². The van der Waals surface area contributed by atoms with Gasteiger partial charge in [0, 0.05) is 12.0 Å². The molecule has 0 radical (unpaired) electrons. The molecule has 0 saturated carbocycles. The Morgan fingerprint density at radius 1 is 1.05 bits per heavy atom. The first-order valence-corrected chi connectivity index (χ1v) is 7.95. The molecule has 1 N–H and O–H groups in total. The summed E-state index contributed by atoms with van der Waals surface area (Å²) in [5.74, 6) is 3.15. The predicted octanol–water partition coefficient (Wildman–Crippen LogP) is 5.46. The zero-order valence-electron chi connectivity index (χ0n) is 11.7. The van der Waals surface area contributed by atoms with Crippen LogP contribution in [-0.4, -0.2) is 5.04 Å². The highest BCUT2D eigenvalue weighted by atomic mass is 32.2. The fraction of sp³-hybridized carbons (Fsp3) is 0.471. The normalized spacial score (nSPS) is 9.74. The Hall–Kier alpha value is -1.20. The topological polar surface area (TPSA) is 23.9 Å². The summed E-state index contributed by atoms with van der Waals surface area (Å²) in [6.45, 7) is 2.24. The zero-order chi connectivity index (χ0) is 13.8. The van der Waals surface area contributed by atoms with E-state index in [-0.39, 0.29) is 0 Å². The summed E-state index contributed by atoms with van der Waals surface area (Å²) >= 11 is 1.32. The molecule has 0 unspecified atom stereocenters. The summed E-state index contributed by atoms with van der Waals surface area (Å²) in [6.07, 6.45) is 8.79. The number of thioether (sulfide) groups is 1. The molecule has 0 amide bonds. The lowest BCUT2D eigenvalue weighted by atomic mass is 10.1. The maximum atomic E-state index is 7.88. The molecule has 0 saturated heterocycles. The number of hydrogen-bond donors (Lipinski definition) is 1. The van der Waals surface area contributed by atoms with E-state index in [0.29, 0.717) is 5.04 Å². The Balaban J connectivity index is 2.10. The molecule has 1 aromatic carbocycles. The summed E-state index contributed by atoms with van der Waals surface area (Å²) in [5, 5.41) is 11.4. The average Bonchev–Trinajstić information content (AvgIpc) is 2.46. The van der Waals surface area contributed by atoms with Crippen molar-refractivity contribution in [3.63, 3.8) is 0 Å². The molecule has 0 aromatic heterocycles. The molecule has 0 heterocycles. The Morgan fingerprint density at radius 3 is 2.47 bits per heavy atom. The van der Waals surface area contributed by atoms with Gasteiger partial charge < -0.3 is 0 Å². The first-order chi connectivity index (χ1) is 9.34. The fourth-order valence-corrected chi connectivity index (χ4v) is 2.31. The van der Waals surface area contributed by atoms with Gasteiger partial charge in [0.2, 0.25) is 0 Å². The summed E-state index contributed by atoms with van der Waals surface area (Å²) in [5.41, 5.74) is 0.946. The van der Waals surface area contributed by atoms with Gasteiger partial charge in [-0.05, 0) is 23.4 Å². The van der Waals surface area contributed by atoms with Crippen LogP contribution in [0.25, 0.3) is 0 Å². The molecule has 102 valence electrons. The molecule has 2 heteroatoms. The lowest BCUT2D eigenvalue weighted by molar-refractivity contribution is 0.614. The van der Waals surface area contributed by atoms with Gasteiger partial charge in [-0.3, -0.25) is 5.41 Å². The van der Waals surface area contributed by atoms with E-state index in [2.05, 4.69) is 18.1 Å². The Kier molecular flexibility index (Phi) is 8.93. The molecular weight excluding hydrogens is 250 g/mol. The molecule has 0 bridgehead atoms. The number of rotatable bonds is 7. The summed E-state index contributed by atoms with van der Waals surface area (Å²) in [7, 11) is 0. The molecule has 0 aliphatic carbocycles. The zero-order valence-corrected chi connectivity index (χ0v) is 12.6. The minimum Gasteiger partial charge on any atom is -0.293 e. The van der Waals surface area contributed by atoms with Crippen molar-refractivity contribution in [3.05, 3.63) is 35.9 Å². The van der Waals surface area contributed by atoms with Gasteiger partial charge in [-0.1, -0.05) is 75.3 Å². The molecule has 0 atom stereocenters. The highest BCUT2D eigenvalue weighted by Gasteiger charge is 1.97. The van der Waals surface area contributed by atoms with Gasteiger partial charge >= 0.3 is 0 Å². The van der Waals surface area contributed by atoms with Crippen LogP contribution in [0, 0.1) is 16.6 Å². The highest BCUT2D eigenvalue weighted by Crippen LogP contribution is 2.11. The van der Waals surface area contributed by atoms with Gasteiger partial charge in [-0.25, -0.2) is 0 Å². The second kappa shape index (κ2) is 10.7. The fourth-order valence-electron chi connectivity index (χ4n) is 1.78. The van der Waals surface area contributed by atoms with Crippen molar-refractivity contribution in [2.24, 2.45) is 0 Å². The van der Waals surface area contributed by atoms with E-state index in [1.807, 2.05) is 30.3 Å². The van der Waals surface area contributed by atoms with Crippen molar-refractivity contribution >= 4 is 16.8 Å². The largest absolute Gasteiger partial charge is 0.293 e. The Bertz CT molecular complexity index is 414. The van der Waals surface area contributed by atoms with Crippen molar-refractivity contribution in [3.8, 4) is 11.2 Å². The standard InChI is InChI=1S/C17H23NS/c1-2-3-4-5-6-7-8-12-15-19-17(18)16-13-10-9-11-14-16/h9-11,13-14,18H,2-8H2,1H3. The summed E-state index contributed by atoms with van der Waals surface area (Å²) in [4.78, 5) is 0. The first-order valence-electron chi connectivity index (χ1n) is 7.13. The molecule has 1 nitrogen and oxygen atoms in total. The number of hydrogen-bond acceptors (Lipinski definition) is 2. The molecule has 1 rings (SSSR count). The minimum absolute atomic E-state index is 0.538. The third-order valence-corrected chi connectivity index (χ3v) is 3.60. The van der Waals surface area contributed by atoms with Gasteiger partial charge in [0.1, 0.15) is 5.04 Å². The van der Waals surface area contributed by atoms with Crippen LogP contribution < -0.4 is 0 Å². The van der Waals surface area contributed by atoms with Gasteiger partial charge in [-0.15, -0.1) is 0 Å². The van der Waals surface area contributed by atoms with E-state index in [1.54, 1.807) is 0 Å². The number of nitrogens with one attached hydrogen (secondary N) is 1. The predicted molar refractivity (Wildman–Crippen MR) is 86.6 cm³/mol. The van der Waals surface area contributed by atoms with Gasteiger partial charge in [0.05, 0.1) is 0 Å². The van der Waals surface area contributed by atoms with E-state index in [0.717, 1.165) is 12.0 Å². The average molecular weight is 273 g/mol. The molecular formula is C17H23NS. The quantitative estimate of drug-likeness (QED) is 0.303. The van der Waals surface area contributed by atoms with Gasteiger partial charge in [-0.2, -0.15) is 0 Å². The number of benzene rings is 1. The van der Waals surface area contributed by atoms with Crippen molar-refractivity contribution in [1.29, 1.82) is 5.41 Å². The van der Waals surface area contributed by atoms with Crippen LogP contribution in [0.4, 0.5) is 0 Å². The maximum absolute atomic E-state index is 7.88. The third kappa shape index (κ3) is 7.74. The molecule has 1 aromatic rings. The van der Waals surface area contributed by atoms with E-state index >= 15 is 0 Å². The lowest BCUT2D eigenvalue weighted by Gasteiger charge is -1.97. The molecule has 0 aliphatic heterocycles. The van der Waals surface area contributed by atoms with Gasteiger partial charge in [0.15, 0.2) is 0 Å². The van der Waals surface area contributed by atoms with Crippen LogP contribution in [0.5, 0.6) is 0 Å². The third-order valence-electron chi connectivity index (χ3n) is 2.92. The van der Waals surface area contributed by atoms with Crippen LogP contribution in [0.1, 0.15) is 57.4 Å². The van der Waals surface area contributed by atoms with Crippen molar-refractivity contribution in [2.45, 2.75) is 51.9 Å². The van der Waals surface area contributed by atoms with Crippen LogP contribution in [-0.2, 0) is 0 Å². The molecule has 0 aliphatic rings. The van der Waals surface area contributed by atoms with Crippen molar-refractivity contribution < 1.29 is 0 Å². The highest BCUT2D eigenvalue weighted by molar-refractivity contribution is 8.18. The van der Waals surface area contributed by atoms with E-state index < -0.39 is 0 Å². The van der Waals surface area contributed by atoms with E-state index in [9.17, 15) is 0 Å². The summed E-state index contributed by atoms with van der Waals surface area (Å²) in [6, 6.07) is 9.77. The lowest BCUT2D eigenvalue weighted by Crippen LogP contribution is -1.89. The van der Waals surface area contributed by atoms with Crippen LogP contribution >= 0.6 is 11.8 Å². The maximum Gasteiger partial charge on any atom is 0.107 e. The van der Waals surface area contributed by atoms with Crippen LogP contribution in [0.3, 0.4) is 0 Å². The molecule has 0 spiro atoms. The van der Waals surface area contributed by atoms with Gasteiger partial charge in [0.25, 0.3) is 0 Å². The van der Waals surface area contributed by atoms with Crippen LogP contribution in [0.15, 0.2) is 30.3 Å². The molecule has 19 heavy (non-hydrogen) atoms. The van der Waals surface area contributed by atoms with Crippen molar-refractivity contribution in [2.75, 3.05) is 0 Å². The SMILES string of the molecule is CCCCCCCCC#CSC(=N)c1ccccc1. The smallest absolute Gasteiger partial charge is 0.107 e. The first kappa shape index (κ1) is 15.9. The van der Waals surface area contributed by atoms with E-state index in [4.69, 9.17) is 5.41 Å². The minimum atomic E-state index is 0.538. The number of unbranched alkanes of at least 4 members (excludes halogenated alkanes) is 6. The Morgan fingerprint density at radius 2 is 1.74 bits per heavy atom. The van der Waals surface area contributed by atoms with E-state index in [1.165, 1.54) is 50.3 Å². The van der Waals surface area contributed by atoms with Crippen molar-refractivity contribution in [1.82, 2.24) is 0 Å². The summed E-state index contributed by atoms with van der Waals surface area (Å²) < 4.78 is 0. The second-order valence-corrected chi connectivity index (χ2v) is 5.41. The molecule has 0 fully saturated rings. The Labute approximate surface area is 121 Å².